The molecule has 230 valence electrons. The minimum absolute atomic E-state index is 0.213. The van der Waals surface area contributed by atoms with E-state index in [1.54, 1.807) is 24.3 Å². The van der Waals surface area contributed by atoms with Crippen molar-refractivity contribution in [3.8, 4) is 11.8 Å². The minimum Gasteiger partial charge on any atom is -0.480 e. The molecule has 2 aromatic carbocycles. The van der Waals surface area contributed by atoms with Crippen molar-refractivity contribution >= 4 is 29.7 Å². The van der Waals surface area contributed by atoms with E-state index >= 15 is 0 Å². The van der Waals surface area contributed by atoms with Crippen LogP contribution >= 0.6 is 0 Å². The van der Waals surface area contributed by atoms with Crippen molar-refractivity contribution < 1.29 is 55.7 Å². The van der Waals surface area contributed by atoms with E-state index < -0.39 is 58.4 Å². The lowest BCUT2D eigenvalue weighted by Gasteiger charge is -2.26. The highest BCUT2D eigenvalue weighted by molar-refractivity contribution is 6.05. The van der Waals surface area contributed by atoms with Gasteiger partial charge in [-0.15, -0.1) is 0 Å². The molecule has 17 heteroatoms. The second kappa shape index (κ2) is 13.4. The average Bonchev–Trinajstić information content (AvgIpc) is 2.91. The number of hydrogen-bond donors (Lipinski definition) is 5. The van der Waals surface area contributed by atoms with Crippen LogP contribution in [-0.2, 0) is 21.2 Å². The van der Waals surface area contributed by atoms with Crippen LogP contribution in [0.3, 0.4) is 0 Å². The summed E-state index contributed by atoms with van der Waals surface area (Å²) < 4.78 is 79.7. The number of carbonyl (C=O) groups excluding carboxylic acids is 2. The smallest absolute Gasteiger partial charge is 0.421 e. The predicted octanol–water partition coefficient (Wildman–Crippen LogP) is 2.67. The van der Waals surface area contributed by atoms with E-state index in [9.17, 15) is 45.5 Å². The maximum Gasteiger partial charge on any atom is 0.421 e. The SMILES string of the molecule is NC(=O)c1ccccc1.NC(N)=NC(=O)c1cc(C#Cc2ccc(C(C(=O)O)(C(=O)O)C(F)(F)F)nc2)cc(C(F)(F)F)c1. The van der Waals surface area contributed by atoms with E-state index in [2.05, 4.69) is 21.8 Å². The zero-order valence-electron chi connectivity index (χ0n) is 21.8. The summed E-state index contributed by atoms with van der Waals surface area (Å²) in [6.45, 7) is 0. The fraction of sp³-hybridized carbons (Fsp3) is 0.111. The van der Waals surface area contributed by atoms with Crippen molar-refractivity contribution in [3.63, 3.8) is 0 Å². The number of alkyl halides is 6. The molecule has 8 N–H and O–H groups in total. The van der Waals surface area contributed by atoms with Gasteiger partial charge in [-0.05, 0) is 42.5 Å². The number of carboxylic acids is 2. The summed E-state index contributed by atoms with van der Waals surface area (Å²) in [4.78, 5) is 51.2. The summed E-state index contributed by atoms with van der Waals surface area (Å²) in [6, 6.07) is 12.0. The molecule has 0 atom stereocenters. The molecule has 0 spiro atoms. The van der Waals surface area contributed by atoms with Crippen molar-refractivity contribution in [2.45, 2.75) is 17.8 Å². The second-order valence-corrected chi connectivity index (χ2v) is 8.41. The van der Waals surface area contributed by atoms with Crippen molar-refractivity contribution in [3.05, 3.63) is 100 Å². The maximum absolute atomic E-state index is 13.4. The Hall–Kier alpha value is -5.92. The second-order valence-electron chi connectivity index (χ2n) is 8.41. The van der Waals surface area contributed by atoms with Crippen LogP contribution in [0.1, 0.15) is 43.1 Å². The lowest BCUT2D eigenvalue weighted by atomic mass is 9.83. The number of rotatable bonds is 5. The van der Waals surface area contributed by atoms with Gasteiger partial charge in [0.05, 0.1) is 11.3 Å². The number of aliphatic carboxylic acids is 2. The Morgan fingerprint density at radius 3 is 1.73 bits per heavy atom. The van der Waals surface area contributed by atoms with Gasteiger partial charge < -0.3 is 27.4 Å². The van der Waals surface area contributed by atoms with Gasteiger partial charge in [0, 0.05) is 28.5 Å². The van der Waals surface area contributed by atoms with Crippen LogP contribution in [0, 0.1) is 11.8 Å². The number of amides is 2. The van der Waals surface area contributed by atoms with Crippen molar-refractivity contribution in [2.24, 2.45) is 22.2 Å². The fourth-order valence-electron chi connectivity index (χ4n) is 3.30. The molecule has 0 unspecified atom stereocenters. The zero-order valence-corrected chi connectivity index (χ0v) is 21.8. The molecule has 2 amide bonds. The van der Waals surface area contributed by atoms with Gasteiger partial charge in [0.15, 0.2) is 5.96 Å². The Labute approximate surface area is 243 Å². The first-order valence-corrected chi connectivity index (χ1v) is 11.5. The first-order valence-electron chi connectivity index (χ1n) is 11.5. The number of primary amides is 1. The first-order chi connectivity index (χ1) is 20.3. The molecule has 0 saturated carbocycles. The van der Waals surface area contributed by atoms with Gasteiger partial charge in [0.1, 0.15) is 0 Å². The number of benzene rings is 2. The topological polar surface area (TPSA) is 212 Å². The number of carboxylic acid groups (broad SMARTS) is 2. The molecule has 44 heavy (non-hydrogen) atoms. The van der Waals surface area contributed by atoms with Crippen LogP contribution in [0.5, 0.6) is 0 Å². The third-order valence-electron chi connectivity index (χ3n) is 5.36. The quantitative estimate of drug-likeness (QED) is 0.0928. The Morgan fingerprint density at radius 1 is 0.750 bits per heavy atom. The molecule has 0 aliphatic rings. The molecule has 0 fully saturated rings. The average molecular weight is 623 g/mol. The van der Waals surface area contributed by atoms with Gasteiger partial charge in [-0.3, -0.25) is 24.2 Å². The summed E-state index contributed by atoms with van der Waals surface area (Å²) in [5.74, 6) is -3.23. The molecule has 1 aromatic heterocycles. The lowest BCUT2D eigenvalue weighted by molar-refractivity contribution is -0.214. The molecule has 3 rings (SSSR count). The predicted molar refractivity (Wildman–Crippen MR) is 140 cm³/mol. The number of pyridine rings is 1. The Balaban J connectivity index is 0.000000639. The molecule has 0 aliphatic heterocycles. The highest BCUT2D eigenvalue weighted by Gasteiger charge is 2.69. The van der Waals surface area contributed by atoms with Gasteiger partial charge in [-0.25, -0.2) is 0 Å². The first kappa shape index (κ1) is 34.3. The third-order valence-corrected chi connectivity index (χ3v) is 5.36. The van der Waals surface area contributed by atoms with Crippen LogP contribution in [0.4, 0.5) is 26.3 Å². The number of hydrogen-bond acceptors (Lipinski definition) is 5. The monoisotopic (exact) mass is 623 g/mol. The molecular formula is C27H19F6N5O6. The van der Waals surface area contributed by atoms with Crippen LogP contribution in [0.15, 0.2) is 71.9 Å². The Bertz CT molecular complexity index is 1640. The minimum atomic E-state index is -5.76. The number of nitrogens with zero attached hydrogens (tertiary/aromatic N) is 2. The summed E-state index contributed by atoms with van der Waals surface area (Å²) in [6.07, 6.45) is -10.0. The van der Waals surface area contributed by atoms with E-state index in [0.717, 1.165) is 12.1 Å². The molecule has 0 aliphatic carbocycles. The summed E-state index contributed by atoms with van der Waals surface area (Å²) >= 11 is 0. The number of nitrogens with two attached hydrogens (primary N) is 3. The standard InChI is InChI=1S/C20H12F6N4O5.C7H7NO/c21-19(22,23)12-6-10(5-11(7-12)14(31)30-17(27)28)2-1-9-3-4-13(29-8-9)18(15(32)33,16(34)35)20(24,25)26;8-7(9)6-4-2-1-3-5-6/h3-8H,(H,32,33)(H,34,35)(H4,27,28,30,31);1-5H,(H2,8,9). The van der Waals surface area contributed by atoms with Crippen molar-refractivity contribution in [2.75, 3.05) is 0 Å². The van der Waals surface area contributed by atoms with Crippen molar-refractivity contribution in [1.82, 2.24) is 4.98 Å². The van der Waals surface area contributed by atoms with Crippen molar-refractivity contribution in [1.29, 1.82) is 0 Å². The lowest BCUT2D eigenvalue weighted by Crippen LogP contribution is -2.55. The van der Waals surface area contributed by atoms with Gasteiger partial charge in [-0.2, -0.15) is 31.3 Å². The molecule has 1 heterocycles. The van der Waals surface area contributed by atoms with Gasteiger partial charge >= 0.3 is 24.3 Å². The number of carbonyl (C=O) groups is 4. The Kier molecular flexibility index (Phi) is 10.4. The van der Waals surface area contributed by atoms with E-state index in [1.807, 2.05) is 6.07 Å². The van der Waals surface area contributed by atoms with Gasteiger partial charge in [0.2, 0.25) is 5.91 Å². The van der Waals surface area contributed by atoms with E-state index in [-0.39, 0.29) is 17.0 Å². The van der Waals surface area contributed by atoms with Crippen LogP contribution in [0.25, 0.3) is 0 Å². The molecule has 0 radical (unpaired) electrons. The van der Waals surface area contributed by atoms with Gasteiger partial charge in [0.25, 0.3) is 11.3 Å². The fourth-order valence-corrected chi connectivity index (χ4v) is 3.30. The summed E-state index contributed by atoms with van der Waals surface area (Å²) in [7, 11) is 0. The molecule has 11 nitrogen and oxygen atoms in total. The zero-order chi connectivity index (χ0) is 33.5. The maximum atomic E-state index is 13.4. The molecular weight excluding hydrogens is 604 g/mol. The van der Waals surface area contributed by atoms with Crippen LogP contribution in [0.2, 0.25) is 0 Å². The molecule has 3 aromatic rings. The number of halogens is 6. The highest BCUT2D eigenvalue weighted by Crippen LogP contribution is 2.41. The normalized spacial score (nSPS) is 11.1. The van der Waals surface area contributed by atoms with E-state index in [0.29, 0.717) is 30.0 Å². The highest BCUT2D eigenvalue weighted by atomic mass is 19.4. The van der Waals surface area contributed by atoms with E-state index in [4.69, 9.17) is 27.4 Å². The van der Waals surface area contributed by atoms with Crippen LogP contribution in [-0.4, -0.2) is 51.1 Å². The number of aromatic nitrogens is 1. The van der Waals surface area contributed by atoms with Crippen LogP contribution < -0.4 is 17.2 Å². The van der Waals surface area contributed by atoms with Gasteiger partial charge in [-0.1, -0.05) is 30.0 Å². The summed E-state index contributed by atoms with van der Waals surface area (Å²) in [5, 5.41) is 18.0. The third kappa shape index (κ3) is 8.09. The number of guanidine groups is 1. The summed E-state index contributed by atoms with van der Waals surface area (Å²) in [5.41, 5.74) is 7.46. The molecule has 0 saturated heterocycles. The largest absolute Gasteiger partial charge is 0.480 e. The van der Waals surface area contributed by atoms with E-state index in [1.165, 1.54) is 0 Å². The Morgan fingerprint density at radius 2 is 1.32 bits per heavy atom. The molecule has 0 bridgehead atoms. The number of aliphatic imine (C=N–C) groups is 1.